The molecule has 0 aliphatic rings. The topological polar surface area (TPSA) is 103 Å². The van der Waals surface area contributed by atoms with E-state index in [9.17, 15) is 9.59 Å². The van der Waals surface area contributed by atoms with Crippen LogP contribution in [-0.2, 0) is 17.9 Å². The summed E-state index contributed by atoms with van der Waals surface area (Å²) < 4.78 is 7.50. The quantitative estimate of drug-likeness (QED) is 0.488. The number of aromatic nitrogens is 4. The van der Waals surface area contributed by atoms with Gasteiger partial charge in [-0.2, -0.15) is 4.98 Å². The molecule has 30 heavy (non-hydrogen) atoms. The van der Waals surface area contributed by atoms with Crippen molar-refractivity contribution in [3.8, 4) is 5.75 Å². The Bertz CT molecular complexity index is 1220. The van der Waals surface area contributed by atoms with E-state index in [2.05, 4.69) is 20.7 Å². The Hall–Kier alpha value is -4.14. The van der Waals surface area contributed by atoms with E-state index in [0.717, 1.165) is 21.7 Å². The van der Waals surface area contributed by atoms with Gasteiger partial charge in [0.25, 0.3) is 5.78 Å². The molecule has 9 nitrogen and oxygen atoms in total. The van der Waals surface area contributed by atoms with Gasteiger partial charge in [-0.1, -0.05) is 30.3 Å². The molecule has 0 radical (unpaired) electrons. The predicted molar refractivity (Wildman–Crippen MR) is 112 cm³/mol. The number of benzene rings is 2. The van der Waals surface area contributed by atoms with Crippen molar-refractivity contribution >= 4 is 23.2 Å². The Morgan fingerprint density at radius 2 is 1.83 bits per heavy atom. The zero-order chi connectivity index (χ0) is 20.9. The van der Waals surface area contributed by atoms with Crippen LogP contribution in [0.15, 0.2) is 71.7 Å². The zero-order valence-electron chi connectivity index (χ0n) is 16.3. The summed E-state index contributed by atoms with van der Waals surface area (Å²) in [4.78, 5) is 29.1. The van der Waals surface area contributed by atoms with Crippen molar-refractivity contribution in [2.45, 2.75) is 13.1 Å². The number of carbonyl (C=O) groups is 1. The molecule has 0 fully saturated rings. The van der Waals surface area contributed by atoms with Crippen molar-refractivity contribution in [1.82, 2.24) is 24.5 Å². The van der Waals surface area contributed by atoms with E-state index in [1.54, 1.807) is 19.4 Å². The average Bonchev–Trinajstić information content (AvgIpc) is 3.08. The Balaban J connectivity index is 1.43. The molecule has 0 saturated carbocycles. The predicted octanol–water partition coefficient (Wildman–Crippen LogP) is 1.96. The molecule has 4 aromatic rings. The maximum Gasteiger partial charge on any atom is 0.352 e. The van der Waals surface area contributed by atoms with Crippen LogP contribution in [0.1, 0.15) is 5.56 Å². The van der Waals surface area contributed by atoms with Crippen molar-refractivity contribution in [2.75, 3.05) is 12.4 Å². The normalized spacial score (nSPS) is 10.7. The molecule has 0 saturated heterocycles. The summed E-state index contributed by atoms with van der Waals surface area (Å²) in [6, 6.07) is 18.6. The number of methoxy groups -OCH3 is 1. The number of ether oxygens (including phenoxy) is 1. The number of anilines is 2. The van der Waals surface area contributed by atoms with Gasteiger partial charge >= 0.3 is 5.69 Å². The molecule has 1 amide bonds. The third-order valence-electron chi connectivity index (χ3n) is 4.44. The SMILES string of the molecule is COc1ccc(CNC(=O)Cn2nc3nc(Nc4ccccc4)ccn3c2=O)cc1. The average molecular weight is 404 g/mol. The number of carbonyl (C=O) groups excluding carboxylic acids is 1. The van der Waals surface area contributed by atoms with Gasteiger partial charge in [-0.3, -0.25) is 4.79 Å². The second kappa shape index (κ2) is 8.48. The molecular weight excluding hydrogens is 384 g/mol. The molecule has 2 aromatic carbocycles. The molecule has 152 valence electrons. The molecule has 2 heterocycles. The van der Waals surface area contributed by atoms with E-state index in [4.69, 9.17) is 4.74 Å². The van der Waals surface area contributed by atoms with Crippen LogP contribution in [0.5, 0.6) is 5.75 Å². The van der Waals surface area contributed by atoms with Crippen LogP contribution in [-0.4, -0.2) is 32.2 Å². The monoisotopic (exact) mass is 404 g/mol. The fourth-order valence-electron chi connectivity index (χ4n) is 2.88. The fourth-order valence-corrected chi connectivity index (χ4v) is 2.88. The van der Waals surface area contributed by atoms with Gasteiger partial charge in [0, 0.05) is 18.4 Å². The van der Waals surface area contributed by atoms with E-state index in [-0.39, 0.29) is 18.2 Å². The number of para-hydroxylation sites is 1. The van der Waals surface area contributed by atoms with E-state index < -0.39 is 5.69 Å². The molecule has 2 N–H and O–H groups in total. The zero-order valence-corrected chi connectivity index (χ0v) is 16.3. The minimum atomic E-state index is -0.427. The van der Waals surface area contributed by atoms with E-state index in [0.29, 0.717) is 12.4 Å². The van der Waals surface area contributed by atoms with Gasteiger partial charge in [-0.25, -0.2) is 13.9 Å². The molecular formula is C21H20N6O3. The van der Waals surface area contributed by atoms with Crippen LogP contribution in [0.3, 0.4) is 0 Å². The van der Waals surface area contributed by atoms with Crippen LogP contribution >= 0.6 is 0 Å². The number of amides is 1. The molecule has 4 rings (SSSR count). The standard InChI is InChI=1S/C21H20N6O3/c1-30-17-9-7-15(8-10-17)13-22-19(28)14-27-21(29)26-12-11-18(24-20(26)25-27)23-16-5-3-2-4-6-16/h2-12H,13-14H2,1H3,(H,22,28)(H,23,24,25). The van der Waals surface area contributed by atoms with Crippen LogP contribution in [0.25, 0.3) is 5.78 Å². The molecule has 0 aliphatic carbocycles. The number of hydrogen-bond donors (Lipinski definition) is 2. The molecule has 0 bridgehead atoms. The Labute approximate surface area is 171 Å². The van der Waals surface area contributed by atoms with Crippen molar-refractivity contribution in [2.24, 2.45) is 0 Å². The number of hydrogen-bond acceptors (Lipinski definition) is 6. The lowest BCUT2D eigenvalue weighted by atomic mass is 10.2. The van der Waals surface area contributed by atoms with Gasteiger partial charge in [-0.15, -0.1) is 5.10 Å². The highest BCUT2D eigenvalue weighted by molar-refractivity contribution is 5.75. The van der Waals surface area contributed by atoms with Crippen LogP contribution in [0.4, 0.5) is 11.5 Å². The lowest BCUT2D eigenvalue weighted by Crippen LogP contribution is -2.32. The van der Waals surface area contributed by atoms with Crippen molar-refractivity contribution in [3.05, 3.63) is 82.9 Å². The second-order valence-electron chi connectivity index (χ2n) is 6.54. The van der Waals surface area contributed by atoms with Crippen molar-refractivity contribution in [1.29, 1.82) is 0 Å². The van der Waals surface area contributed by atoms with Gasteiger partial charge in [-0.05, 0) is 35.9 Å². The maximum atomic E-state index is 12.5. The van der Waals surface area contributed by atoms with Crippen LogP contribution in [0.2, 0.25) is 0 Å². The summed E-state index contributed by atoms with van der Waals surface area (Å²) in [6.45, 7) is 0.147. The van der Waals surface area contributed by atoms with Gasteiger partial charge in [0.2, 0.25) is 5.91 Å². The lowest BCUT2D eigenvalue weighted by Gasteiger charge is -2.06. The summed E-state index contributed by atoms with van der Waals surface area (Å²) in [5.41, 5.74) is 1.36. The summed E-state index contributed by atoms with van der Waals surface area (Å²) in [5.74, 6) is 1.19. The molecule has 0 atom stereocenters. The summed E-state index contributed by atoms with van der Waals surface area (Å²) >= 11 is 0. The smallest absolute Gasteiger partial charge is 0.352 e. The van der Waals surface area contributed by atoms with Gasteiger partial charge < -0.3 is 15.4 Å². The Kier molecular flexibility index (Phi) is 5.42. The third-order valence-corrected chi connectivity index (χ3v) is 4.44. The Morgan fingerprint density at radius 1 is 1.07 bits per heavy atom. The minimum Gasteiger partial charge on any atom is -0.497 e. The van der Waals surface area contributed by atoms with Crippen molar-refractivity contribution in [3.63, 3.8) is 0 Å². The van der Waals surface area contributed by atoms with Crippen molar-refractivity contribution < 1.29 is 9.53 Å². The molecule has 2 aromatic heterocycles. The van der Waals surface area contributed by atoms with Crippen LogP contribution < -0.4 is 21.1 Å². The van der Waals surface area contributed by atoms with Crippen LogP contribution in [0, 0.1) is 0 Å². The first-order valence-electron chi connectivity index (χ1n) is 9.30. The van der Waals surface area contributed by atoms with Gasteiger partial charge in [0.15, 0.2) is 0 Å². The Morgan fingerprint density at radius 3 is 2.57 bits per heavy atom. The molecule has 0 unspecified atom stereocenters. The number of rotatable bonds is 7. The highest BCUT2D eigenvalue weighted by Crippen LogP contribution is 2.13. The molecule has 9 heteroatoms. The fraction of sp³-hybridized carbons (Fsp3) is 0.143. The molecule has 0 aliphatic heterocycles. The first-order valence-corrected chi connectivity index (χ1v) is 9.30. The minimum absolute atomic E-state index is 0.195. The second-order valence-corrected chi connectivity index (χ2v) is 6.54. The number of nitrogens with zero attached hydrogens (tertiary/aromatic N) is 4. The van der Waals surface area contributed by atoms with E-state index >= 15 is 0 Å². The largest absolute Gasteiger partial charge is 0.497 e. The van der Waals surface area contributed by atoms with E-state index in [1.807, 2.05) is 54.6 Å². The first-order chi connectivity index (χ1) is 14.6. The first kappa shape index (κ1) is 19.2. The highest BCUT2D eigenvalue weighted by atomic mass is 16.5. The summed E-state index contributed by atoms with van der Waals surface area (Å²) in [5, 5.41) is 10.1. The number of fused-ring (bicyclic) bond motifs is 1. The van der Waals surface area contributed by atoms with E-state index in [1.165, 1.54) is 4.40 Å². The number of nitrogens with one attached hydrogen (secondary N) is 2. The lowest BCUT2D eigenvalue weighted by molar-refractivity contribution is -0.122. The van der Waals surface area contributed by atoms with Gasteiger partial charge in [0.1, 0.15) is 18.1 Å². The van der Waals surface area contributed by atoms with Gasteiger partial charge in [0.05, 0.1) is 7.11 Å². The molecule has 0 spiro atoms. The maximum absolute atomic E-state index is 12.5. The third kappa shape index (κ3) is 4.30. The summed E-state index contributed by atoms with van der Waals surface area (Å²) in [6.07, 6.45) is 1.58. The highest BCUT2D eigenvalue weighted by Gasteiger charge is 2.12. The summed E-state index contributed by atoms with van der Waals surface area (Å²) in [7, 11) is 1.60.